The number of pyridine rings is 1. The Kier molecular flexibility index (Phi) is 4.24. The summed E-state index contributed by atoms with van der Waals surface area (Å²) in [5.74, 6) is 0.626. The fourth-order valence-corrected chi connectivity index (χ4v) is 1.68. The van der Waals surface area contributed by atoms with Crippen molar-refractivity contribution in [2.75, 3.05) is 24.8 Å². The Bertz CT molecular complexity index is 605. The summed E-state index contributed by atoms with van der Waals surface area (Å²) < 4.78 is 23.9. The number of nitrogens with one attached hydrogen (secondary N) is 1. The van der Waals surface area contributed by atoms with E-state index in [-0.39, 0.29) is 5.75 Å². The van der Waals surface area contributed by atoms with Crippen molar-refractivity contribution in [2.45, 2.75) is 6.92 Å². The van der Waals surface area contributed by atoms with Crippen LogP contribution in [0.25, 0.3) is 0 Å². The highest BCUT2D eigenvalue weighted by Crippen LogP contribution is 2.25. The Morgan fingerprint density at radius 2 is 2.10 bits per heavy atom. The first-order valence-electron chi connectivity index (χ1n) is 6.14. The smallest absolute Gasteiger partial charge is 0.238 e. The molecule has 106 valence electrons. The zero-order valence-corrected chi connectivity index (χ0v) is 11.3. The van der Waals surface area contributed by atoms with Crippen molar-refractivity contribution in [3.63, 3.8) is 0 Å². The fourth-order valence-electron chi connectivity index (χ4n) is 1.68. The molecule has 0 radical (unpaired) electrons. The Balaban J connectivity index is 2.19. The molecule has 0 aliphatic rings. The average molecular weight is 277 g/mol. The molecule has 0 aliphatic carbocycles. The third kappa shape index (κ3) is 3.09. The van der Waals surface area contributed by atoms with Gasteiger partial charge in [0.2, 0.25) is 5.88 Å². The molecule has 0 saturated heterocycles. The zero-order valence-electron chi connectivity index (χ0n) is 11.3. The van der Waals surface area contributed by atoms with Crippen LogP contribution in [0.1, 0.15) is 6.92 Å². The van der Waals surface area contributed by atoms with Crippen LogP contribution in [0.4, 0.5) is 21.6 Å². The van der Waals surface area contributed by atoms with Gasteiger partial charge in [0.25, 0.3) is 0 Å². The van der Waals surface area contributed by atoms with Gasteiger partial charge in [-0.05, 0) is 31.2 Å². The average Bonchev–Trinajstić information content (AvgIpc) is 2.44. The minimum Gasteiger partial charge on any atom is -0.491 e. The van der Waals surface area contributed by atoms with E-state index in [4.69, 9.17) is 15.2 Å². The molecule has 3 N–H and O–H groups in total. The van der Waals surface area contributed by atoms with Crippen molar-refractivity contribution >= 4 is 17.2 Å². The molecule has 2 rings (SSSR count). The largest absolute Gasteiger partial charge is 0.491 e. The minimum atomic E-state index is -0.431. The molecule has 1 aromatic carbocycles. The molecular formula is C14H16FN3O2. The number of anilines is 3. The number of nitrogen functional groups attached to an aromatic ring is 1. The van der Waals surface area contributed by atoms with Crippen LogP contribution in [0.3, 0.4) is 0 Å². The molecule has 0 spiro atoms. The van der Waals surface area contributed by atoms with Gasteiger partial charge in [0.05, 0.1) is 19.4 Å². The number of rotatable bonds is 5. The van der Waals surface area contributed by atoms with E-state index < -0.39 is 5.82 Å². The number of hydrogen-bond donors (Lipinski definition) is 2. The molecule has 0 bridgehead atoms. The second-order valence-corrected chi connectivity index (χ2v) is 4.00. The molecule has 5 nitrogen and oxygen atoms in total. The first kappa shape index (κ1) is 13.9. The van der Waals surface area contributed by atoms with Crippen molar-refractivity contribution in [3.05, 3.63) is 36.1 Å². The molecule has 0 saturated carbocycles. The summed E-state index contributed by atoms with van der Waals surface area (Å²) in [6.45, 7) is 2.22. The molecule has 0 atom stereocenters. The maximum atomic E-state index is 13.7. The summed E-state index contributed by atoms with van der Waals surface area (Å²) in [6.07, 6.45) is 0. The number of nitrogens with two attached hydrogens (primary N) is 1. The number of halogens is 1. The summed E-state index contributed by atoms with van der Waals surface area (Å²) in [6, 6.07) is 7.97. The van der Waals surface area contributed by atoms with Crippen molar-refractivity contribution in [2.24, 2.45) is 0 Å². The van der Waals surface area contributed by atoms with E-state index in [9.17, 15) is 4.39 Å². The first-order valence-corrected chi connectivity index (χ1v) is 6.14. The number of benzene rings is 1. The third-order valence-electron chi connectivity index (χ3n) is 2.59. The quantitative estimate of drug-likeness (QED) is 0.879. The van der Waals surface area contributed by atoms with Gasteiger partial charge in [-0.2, -0.15) is 4.98 Å². The first-order chi connectivity index (χ1) is 9.63. The van der Waals surface area contributed by atoms with Crippen LogP contribution in [-0.2, 0) is 0 Å². The van der Waals surface area contributed by atoms with Crippen LogP contribution in [0.15, 0.2) is 30.3 Å². The van der Waals surface area contributed by atoms with E-state index >= 15 is 0 Å². The molecule has 1 heterocycles. The van der Waals surface area contributed by atoms with E-state index in [1.54, 1.807) is 31.2 Å². The highest BCUT2D eigenvalue weighted by atomic mass is 19.1. The number of nitrogens with zero attached hydrogens (tertiary/aromatic N) is 1. The molecule has 1 aromatic heterocycles. The van der Waals surface area contributed by atoms with Crippen LogP contribution in [-0.4, -0.2) is 18.7 Å². The number of aromatic nitrogens is 1. The standard InChI is InChI=1S/C14H16FN3O2/c1-3-20-12-6-4-9(8-10(12)15)17-13-7-5-11(16)14(18-13)19-2/h4-8H,3,16H2,1-2H3,(H,17,18). The van der Waals surface area contributed by atoms with E-state index in [1.165, 1.54) is 13.2 Å². The van der Waals surface area contributed by atoms with E-state index in [2.05, 4.69) is 10.3 Å². The van der Waals surface area contributed by atoms with Crippen LogP contribution in [0.5, 0.6) is 11.6 Å². The van der Waals surface area contributed by atoms with Crippen molar-refractivity contribution in [3.8, 4) is 11.6 Å². The van der Waals surface area contributed by atoms with Crippen LogP contribution >= 0.6 is 0 Å². The molecule has 0 fully saturated rings. The Morgan fingerprint density at radius 3 is 2.75 bits per heavy atom. The maximum Gasteiger partial charge on any atom is 0.238 e. The predicted molar refractivity (Wildman–Crippen MR) is 76.1 cm³/mol. The maximum absolute atomic E-state index is 13.7. The van der Waals surface area contributed by atoms with E-state index in [0.29, 0.717) is 29.7 Å². The monoisotopic (exact) mass is 277 g/mol. The van der Waals surface area contributed by atoms with Crippen LogP contribution in [0, 0.1) is 5.82 Å². The second kappa shape index (κ2) is 6.10. The molecule has 6 heteroatoms. The second-order valence-electron chi connectivity index (χ2n) is 4.00. The lowest BCUT2D eigenvalue weighted by Gasteiger charge is -2.10. The highest BCUT2D eigenvalue weighted by molar-refractivity contribution is 5.61. The molecule has 2 aromatic rings. The number of hydrogen-bond acceptors (Lipinski definition) is 5. The summed E-state index contributed by atoms with van der Waals surface area (Å²) >= 11 is 0. The van der Waals surface area contributed by atoms with Gasteiger partial charge in [-0.1, -0.05) is 0 Å². The lowest BCUT2D eigenvalue weighted by atomic mass is 10.3. The summed E-state index contributed by atoms with van der Waals surface area (Å²) in [7, 11) is 1.49. The minimum absolute atomic E-state index is 0.223. The number of ether oxygens (including phenoxy) is 2. The third-order valence-corrected chi connectivity index (χ3v) is 2.59. The lowest BCUT2D eigenvalue weighted by molar-refractivity contribution is 0.321. The van der Waals surface area contributed by atoms with Gasteiger partial charge in [-0.3, -0.25) is 0 Å². The van der Waals surface area contributed by atoms with Gasteiger partial charge in [0.15, 0.2) is 11.6 Å². The van der Waals surface area contributed by atoms with Gasteiger partial charge >= 0.3 is 0 Å². The van der Waals surface area contributed by atoms with Crippen molar-refractivity contribution < 1.29 is 13.9 Å². The molecule has 20 heavy (non-hydrogen) atoms. The van der Waals surface area contributed by atoms with Gasteiger partial charge in [0.1, 0.15) is 5.82 Å². The molecule has 0 aliphatic heterocycles. The van der Waals surface area contributed by atoms with Crippen LogP contribution < -0.4 is 20.5 Å². The van der Waals surface area contributed by atoms with Crippen molar-refractivity contribution in [1.82, 2.24) is 4.98 Å². The summed E-state index contributed by atoms with van der Waals surface area (Å²) in [5.41, 5.74) is 6.68. The number of methoxy groups -OCH3 is 1. The molecule has 0 unspecified atom stereocenters. The normalized spacial score (nSPS) is 10.2. The Labute approximate surface area is 116 Å². The Morgan fingerprint density at radius 1 is 1.30 bits per heavy atom. The fraction of sp³-hybridized carbons (Fsp3) is 0.214. The summed E-state index contributed by atoms with van der Waals surface area (Å²) in [4.78, 5) is 4.16. The highest BCUT2D eigenvalue weighted by Gasteiger charge is 2.06. The SMILES string of the molecule is CCOc1ccc(Nc2ccc(N)c(OC)n2)cc1F. The Hall–Kier alpha value is -2.50. The van der Waals surface area contributed by atoms with Crippen molar-refractivity contribution in [1.29, 1.82) is 0 Å². The zero-order chi connectivity index (χ0) is 14.5. The van der Waals surface area contributed by atoms with Gasteiger partial charge in [-0.25, -0.2) is 4.39 Å². The van der Waals surface area contributed by atoms with E-state index in [0.717, 1.165) is 0 Å². The van der Waals surface area contributed by atoms with Gasteiger partial charge < -0.3 is 20.5 Å². The van der Waals surface area contributed by atoms with Gasteiger partial charge in [0, 0.05) is 11.8 Å². The van der Waals surface area contributed by atoms with Gasteiger partial charge in [-0.15, -0.1) is 0 Å². The molecule has 0 amide bonds. The topological polar surface area (TPSA) is 69.4 Å². The van der Waals surface area contributed by atoms with E-state index in [1.807, 2.05) is 0 Å². The van der Waals surface area contributed by atoms with Crippen LogP contribution in [0.2, 0.25) is 0 Å². The lowest BCUT2D eigenvalue weighted by Crippen LogP contribution is -2.00. The summed E-state index contributed by atoms with van der Waals surface area (Å²) in [5, 5.41) is 2.97. The molecular weight excluding hydrogens is 261 g/mol. The predicted octanol–water partition coefficient (Wildman–Crippen LogP) is 2.95.